The van der Waals surface area contributed by atoms with Crippen molar-refractivity contribution in [3.8, 4) is 5.75 Å². The van der Waals surface area contributed by atoms with Crippen LogP contribution in [0.3, 0.4) is 0 Å². The number of nitrogens with zero attached hydrogens (tertiary/aromatic N) is 2. The Morgan fingerprint density at radius 2 is 1.46 bits per heavy atom. The molecule has 0 N–H and O–H groups in total. The van der Waals surface area contributed by atoms with Gasteiger partial charge in [-0.1, -0.05) is 12.1 Å². The van der Waals surface area contributed by atoms with E-state index < -0.39 is 11.8 Å². The van der Waals surface area contributed by atoms with E-state index in [0.717, 1.165) is 0 Å². The van der Waals surface area contributed by atoms with Gasteiger partial charge in [-0.2, -0.15) is 25.8 Å². The maximum absolute atomic E-state index is 13.0. The Morgan fingerprint density at radius 1 is 0.885 bits per heavy atom. The molecule has 0 fully saturated rings. The summed E-state index contributed by atoms with van der Waals surface area (Å²) in [6.45, 7) is 2.91. The molecule has 0 aliphatic carbocycles. The summed E-state index contributed by atoms with van der Waals surface area (Å²) in [7, 11) is 0. The summed E-state index contributed by atoms with van der Waals surface area (Å²) in [5.41, 5.74) is -2.49. The first-order valence-electron chi connectivity index (χ1n) is 8.08. The van der Waals surface area contributed by atoms with Gasteiger partial charge in [-0.3, -0.25) is 0 Å². The zero-order chi connectivity index (χ0) is 18.9. The van der Waals surface area contributed by atoms with Crippen LogP contribution in [0.4, 0.5) is 13.2 Å². The average Bonchev–Trinajstić information content (AvgIpc) is 3.42. The van der Waals surface area contributed by atoms with Crippen LogP contribution >= 0.6 is 12.6 Å². The van der Waals surface area contributed by atoms with Gasteiger partial charge in [-0.15, -0.1) is 10.2 Å². The van der Waals surface area contributed by atoms with Crippen molar-refractivity contribution in [1.29, 1.82) is 0 Å². The topological polar surface area (TPSA) is 61.6 Å². The van der Waals surface area contributed by atoms with E-state index >= 15 is 0 Å². The highest BCUT2D eigenvalue weighted by molar-refractivity contribution is 7.80. The van der Waals surface area contributed by atoms with Gasteiger partial charge in [0.25, 0.3) is 0 Å². The molecule has 0 saturated heterocycles. The average molecular weight is 394 g/mol. The third kappa shape index (κ3) is 6.11. The first kappa shape index (κ1) is 20.9. The third-order valence-corrected chi connectivity index (χ3v) is 3.59. The van der Waals surface area contributed by atoms with Crippen molar-refractivity contribution in [3.05, 3.63) is 29.8 Å². The summed E-state index contributed by atoms with van der Waals surface area (Å²) in [5.74, 6) is 0.983. The summed E-state index contributed by atoms with van der Waals surface area (Å²) in [5, 5.41) is 6.34. The lowest BCUT2D eigenvalue weighted by atomic mass is 10.0. The zero-order valence-electron chi connectivity index (χ0n) is 14.1. The number of hydrogen-bond acceptors (Lipinski definition) is 7. The molecule has 1 heterocycles. The molecule has 0 spiro atoms. The maximum Gasteiger partial charge on any atom is 0.442 e. The van der Waals surface area contributed by atoms with Crippen LogP contribution in [0.5, 0.6) is 5.75 Å². The molecule has 0 unspecified atom stereocenters. The molecule has 1 aliphatic rings. The fraction of sp³-hybridized carbons (Fsp3) is 0.625. The highest BCUT2D eigenvalue weighted by Crippen LogP contribution is 2.52. The molecule has 0 bridgehead atoms. The Labute approximate surface area is 155 Å². The summed E-state index contributed by atoms with van der Waals surface area (Å²) >= 11 is 4.02. The van der Waals surface area contributed by atoms with E-state index in [2.05, 4.69) is 22.9 Å². The van der Waals surface area contributed by atoms with Gasteiger partial charge in [-0.05, 0) is 12.1 Å². The Hall–Kier alpha value is -1.36. The minimum absolute atomic E-state index is 0.0584. The van der Waals surface area contributed by atoms with Crippen LogP contribution in [-0.2, 0) is 19.9 Å². The lowest BCUT2D eigenvalue weighted by molar-refractivity contribution is -0.166. The van der Waals surface area contributed by atoms with Gasteiger partial charge in [-0.25, -0.2) is 0 Å². The molecular formula is C16H21F3N2O4S. The Balaban J connectivity index is 1.59. The lowest BCUT2D eigenvalue weighted by Crippen LogP contribution is -2.30. The molecule has 10 heteroatoms. The molecule has 0 atom stereocenters. The number of ether oxygens (including phenoxy) is 4. The Kier molecular flexibility index (Phi) is 8.14. The Bertz CT molecular complexity index is 581. The van der Waals surface area contributed by atoms with E-state index in [1.165, 1.54) is 18.2 Å². The summed E-state index contributed by atoms with van der Waals surface area (Å²) in [4.78, 5) is 0. The maximum atomic E-state index is 13.0. The number of hydrogen-bond donors (Lipinski definition) is 1. The SMILES string of the molecule is FC(F)(F)C1(c2cccc(OCCOCCOCCOCCS)c2)N=N1. The van der Waals surface area contributed by atoms with Gasteiger partial charge in [0.2, 0.25) is 0 Å². The van der Waals surface area contributed by atoms with Crippen LogP contribution in [0.15, 0.2) is 34.5 Å². The minimum Gasteiger partial charge on any atom is -0.491 e. The molecule has 146 valence electrons. The van der Waals surface area contributed by atoms with Gasteiger partial charge in [0, 0.05) is 11.3 Å². The molecule has 0 aromatic heterocycles. The van der Waals surface area contributed by atoms with E-state index in [4.69, 9.17) is 18.9 Å². The van der Waals surface area contributed by atoms with Crippen LogP contribution in [0.25, 0.3) is 0 Å². The van der Waals surface area contributed by atoms with E-state index in [1.54, 1.807) is 6.07 Å². The summed E-state index contributed by atoms with van der Waals surface area (Å²) in [6.07, 6.45) is -4.55. The highest BCUT2D eigenvalue weighted by atomic mass is 32.1. The highest BCUT2D eigenvalue weighted by Gasteiger charge is 2.65. The summed E-state index contributed by atoms with van der Waals surface area (Å²) < 4.78 is 60.2. The number of thiol groups is 1. The van der Waals surface area contributed by atoms with Gasteiger partial charge >= 0.3 is 11.8 Å². The molecular weight excluding hydrogens is 373 g/mol. The van der Waals surface area contributed by atoms with Crippen molar-refractivity contribution in [3.63, 3.8) is 0 Å². The van der Waals surface area contributed by atoms with Gasteiger partial charge in [0.15, 0.2) is 0 Å². The normalized spacial score (nSPS) is 15.2. The summed E-state index contributed by atoms with van der Waals surface area (Å²) in [6, 6.07) is 5.67. The quantitative estimate of drug-likeness (QED) is 0.412. The monoisotopic (exact) mass is 394 g/mol. The van der Waals surface area contributed by atoms with Crippen LogP contribution in [0, 0.1) is 0 Å². The minimum atomic E-state index is -4.55. The number of rotatable bonds is 13. The molecule has 6 nitrogen and oxygen atoms in total. The standard InChI is InChI=1S/C16H21F3N2O4S/c17-16(18,19)15(20-21-15)13-2-1-3-14(12-13)25-9-8-23-5-4-22-6-7-24-10-11-26/h1-3,12,26H,4-11H2. The smallest absolute Gasteiger partial charge is 0.442 e. The predicted octanol–water partition coefficient (Wildman–Crippen LogP) is 3.23. The van der Waals surface area contributed by atoms with Crippen LogP contribution in [0.1, 0.15) is 5.56 Å². The molecule has 1 aromatic carbocycles. The number of halogens is 3. The van der Waals surface area contributed by atoms with E-state index in [9.17, 15) is 13.2 Å². The zero-order valence-corrected chi connectivity index (χ0v) is 15.0. The van der Waals surface area contributed by atoms with E-state index in [-0.39, 0.29) is 12.2 Å². The second-order valence-electron chi connectivity index (χ2n) is 5.31. The molecule has 0 saturated carbocycles. The molecule has 0 amide bonds. The molecule has 1 aromatic rings. The van der Waals surface area contributed by atoms with Crippen molar-refractivity contribution < 1.29 is 32.1 Å². The predicted molar refractivity (Wildman–Crippen MR) is 90.8 cm³/mol. The van der Waals surface area contributed by atoms with Gasteiger partial charge < -0.3 is 18.9 Å². The number of alkyl halides is 3. The van der Waals surface area contributed by atoms with Crippen molar-refractivity contribution in [1.82, 2.24) is 0 Å². The van der Waals surface area contributed by atoms with Gasteiger partial charge in [0.1, 0.15) is 12.4 Å². The second-order valence-corrected chi connectivity index (χ2v) is 5.75. The lowest BCUT2D eigenvalue weighted by Gasteiger charge is -2.15. The van der Waals surface area contributed by atoms with Crippen LogP contribution in [-0.4, -0.2) is 58.2 Å². The largest absolute Gasteiger partial charge is 0.491 e. The van der Waals surface area contributed by atoms with Crippen molar-refractivity contribution in [2.45, 2.75) is 11.8 Å². The Morgan fingerprint density at radius 3 is 2.00 bits per heavy atom. The van der Waals surface area contributed by atoms with Crippen molar-refractivity contribution >= 4 is 12.6 Å². The van der Waals surface area contributed by atoms with Crippen LogP contribution in [0.2, 0.25) is 0 Å². The van der Waals surface area contributed by atoms with Crippen LogP contribution < -0.4 is 4.74 Å². The van der Waals surface area contributed by atoms with E-state index in [0.29, 0.717) is 51.1 Å². The first-order valence-corrected chi connectivity index (χ1v) is 8.71. The fourth-order valence-electron chi connectivity index (χ4n) is 2.07. The number of benzene rings is 1. The molecule has 0 radical (unpaired) electrons. The molecule has 26 heavy (non-hydrogen) atoms. The van der Waals surface area contributed by atoms with Crippen molar-refractivity contribution in [2.75, 3.05) is 52.0 Å². The van der Waals surface area contributed by atoms with E-state index in [1.807, 2.05) is 0 Å². The molecule has 2 rings (SSSR count). The van der Waals surface area contributed by atoms with Gasteiger partial charge in [0.05, 0.1) is 39.6 Å². The second kappa shape index (κ2) is 10.1. The van der Waals surface area contributed by atoms with Crippen molar-refractivity contribution in [2.24, 2.45) is 10.2 Å². The molecule has 1 aliphatic heterocycles. The first-order chi connectivity index (χ1) is 12.5. The third-order valence-electron chi connectivity index (χ3n) is 3.41. The fourth-order valence-corrected chi connectivity index (χ4v) is 2.20.